The zero-order valence-electron chi connectivity index (χ0n) is 15.7. The van der Waals surface area contributed by atoms with E-state index < -0.39 is 5.97 Å². The number of ether oxygens (including phenoxy) is 2. The molecule has 0 spiro atoms. The number of hydrogen-bond donors (Lipinski definition) is 1. The van der Waals surface area contributed by atoms with Crippen LogP contribution in [0.1, 0.15) is 39.3 Å². The number of rotatable bonds is 4. The molecule has 0 saturated carbocycles. The third kappa shape index (κ3) is 3.11. The van der Waals surface area contributed by atoms with Crippen LogP contribution in [0.3, 0.4) is 0 Å². The van der Waals surface area contributed by atoms with Gasteiger partial charge in [0.2, 0.25) is 0 Å². The first-order valence-corrected chi connectivity index (χ1v) is 9.35. The van der Waals surface area contributed by atoms with Gasteiger partial charge >= 0.3 is 5.97 Å². The van der Waals surface area contributed by atoms with Crippen LogP contribution in [0.4, 0.5) is 5.69 Å². The quantitative estimate of drug-likeness (QED) is 0.554. The van der Waals surface area contributed by atoms with Gasteiger partial charge in [-0.1, -0.05) is 18.2 Å². The molecule has 1 aromatic heterocycles. The van der Waals surface area contributed by atoms with Crippen LogP contribution in [-0.4, -0.2) is 30.2 Å². The van der Waals surface area contributed by atoms with E-state index in [1.54, 1.807) is 16.7 Å². The number of anilines is 1. The Morgan fingerprint density at radius 3 is 2.68 bits per heavy atom. The second-order valence-corrected chi connectivity index (χ2v) is 6.91. The van der Waals surface area contributed by atoms with Crippen molar-refractivity contribution in [3.63, 3.8) is 0 Å². The number of carbonyl (C=O) groups excluding carboxylic acids is 2. The van der Waals surface area contributed by atoms with E-state index in [1.165, 1.54) is 18.7 Å². The number of nitrogens with zero attached hydrogens (tertiary/aromatic N) is 1. The molecule has 2 N–H and O–H groups in total. The number of aryl methyl sites for hydroxylation is 1. The number of nitrogen functional groups attached to an aromatic ring is 1. The van der Waals surface area contributed by atoms with Crippen LogP contribution in [0.15, 0.2) is 42.5 Å². The highest BCUT2D eigenvalue weighted by Gasteiger charge is 2.24. The second kappa shape index (κ2) is 7.38. The first kappa shape index (κ1) is 18.1. The summed E-state index contributed by atoms with van der Waals surface area (Å²) in [7, 11) is 1.50. The predicted octanol–water partition coefficient (Wildman–Crippen LogP) is 3.61. The largest absolute Gasteiger partial charge is 0.495 e. The van der Waals surface area contributed by atoms with Crippen molar-refractivity contribution in [3.8, 4) is 5.75 Å². The molecule has 1 aliphatic rings. The summed E-state index contributed by atoms with van der Waals surface area (Å²) in [5, 5.41) is 1.11. The van der Waals surface area contributed by atoms with E-state index in [0.717, 1.165) is 42.3 Å². The summed E-state index contributed by atoms with van der Waals surface area (Å²) in [5.74, 6) is -0.347. The number of fused-ring (bicyclic) bond motifs is 3. The smallest absolute Gasteiger partial charge is 0.338 e. The lowest BCUT2D eigenvalue weighted by molar-refractivity contribution is 0.0449. The summed E-state index contributed by atoms with van der Waals surface area (Å²) in [4.78, 5) is 25.3. The van der Waals surface area contributed by atoms with Gasteiger partial charge < -0.3 is 15.2 Å². The molecule has 6 nitrogen and oxygen atoms in total. The monoisotopic (exact) mass is 378 g/mol. The molecule has 0 saturated heterocycles. The highest BCUT2D eigenvalue weighted by molar-refractivity contribution is 5.98. The van der Waals surface area contributed by atoms with Crippen LogP contribution in [0, 0.1) is 0 Å². The number of benzene rings is 2. The van der Waals surface area contributed by atoms with Gasteiger partial charge in [0.1, 0.15) is 5.75 Å². The van der Waals surface area contributed by atoms with Crippen LogP contribution in [-0.2, 0) is 17.6 Å². The topological polar surface area (TPSA) is 83.5 Å². The van der Waals surface area contributed by atoms with Crippen molar-refractivity contribution < 1.29 is 19.1 Å². The van der Waals surface area contributed by atoms with Crippen molar-refractivity contribution in [2.75, 3.05) is 19.5 Å². The van der Waals surface area contributed by atoms with Gasteiger partial charge in [0.25, 0.3) is 5.91 Å². The fraction of sp³-hybridized carbons (Fsp3) is 0.273. The number of methoxy groups -OCH3 is 1. The maximum Gasteiger partial charge on any atom is 0.338 e. The molecule has 0 radical (unpaired) electrons. The summed E-state index contributed by atoms with van der Waals surface area (Å²) in [6, 6.07) is 12.5. The Balaban J connectivity index is 1.56. The molecule has 0 aliphatic heterocycles. The van der Waals surface area contributed by atoms with E-state index in [0.29, 0.717) is 11.4 Å². The van der Waals surface area contributed by atoms with Crippen molar-refractivity contribution in [2.45, 2.75) is 25.7 Å². The molecule has 1 aliphatic carbocycles. The highest BCUT2D eigenvalue weighted by Crippen LogP contribution is 2.32. The summed E-state index contributed by atoms with van der Waals surface area (Å²) in [6.45, 7) is -0.324. The van der Waals surface area contributed by atoms with Crippen molar-refractivity contribution >= 4 is 28.5 Å². The normalized spacial score (nSPS) is 13.2. The minimum Gasteiger partial charge on any atom is -0.495 e. The van der Waals surface area contributed by atoms with Crippen LogP contribution in [0.25, 0.3) is 10.9 Å². The van der Waals surface area contributed by atoms with Crippen molar-refractivity contribution in [3.05, 3.63) is 59.3 Å². The van der Waals surface area contributed by atoms with Gasteiger partial charge in [-0.25, -0.2) is 4.79 Å². The van der Waals surface area contributed by atoms with E-state index in [2.05, 4.69) is 6.07 Å². The Labute approximate surface area is 162 Å². The van der Waals surface area contributed by atoms with Crippen molar-refractivity contribution in [2.24, 2.45) is 0 Å². The number of nitrogens with two attached hydrogens (primary N) is 1. The average Bonchev–Trinajstić information content (AvgIpc) is 3.06. The third-order valence-corrected chi connectivity index (χ3v) is 5.22. The van der Waals surface area contributed by atoms with Gasteiger partial charge in [0.05, 0.1) is 23.9 Å². The zero-order chi connectivity index (χ0) is 19.7. The lowest BCUT2D eigenvalue weighted by atomic mass is 9.95. The molecule has 4 rings (SSSR count). The number of aromatic nitrogens is 1. The molecule has 144 valence electrons. The molecule has 0 unspecified atom stereocenters. The van der Waals surface area contributed by atoms with E-state index in [4.69, 9.17) is 15.2 Å². The number of esters is 1. The van der Waals surface area contributed by atoms with E-state index in [1.807, 2.05) is 18.2 Å². The molecule has 0 fully saturated rings. The fourth-order valence-electron chi connectivity index (χ4n) is 3.92. The first-order chi connectivity index (χ1) is 13.6. The maximum absolute atomic E-state index is 12.9. The highest BCUT2D eigenvalue weighted by atomic mass is 16.5. The zero-order valence-corrected chi connectivity index (χ0v) is 15.7. The van der Waals surface area contributed by atoms with Gasteiger partial charge in [-0.2, -0.15) is 0 Å². The molecule has 2 aromatic carbocycles. The van der Waals surface area contributed by atoms with Gasteiger partial charge in [0, 0.05) is 11.1 Å². The minimum atomic E-state index is -0.590. The van der Waals surface area contributed by atoms with Gasteiger partial charge in [0.15, 0.2) is 6.61 Å². The maximum atomic E-state index is 12.9. The predicted molar refractivity (Wildman–Crippen MR) is 107 cm³/mol. The Hall–Kier alpha value is -3.28. The number of para-hydroxylation sites is 1. The molecule has 28 heavy (non-hydrogen) atoms. The molecule has 0 atom stereocenters. The van der Waals surface area contributed by atoms with Gasteiger partial charge in [-0.15, -0.1) is 0 Å². The molecule has 0 bridgehead atoms. The van der Waals surface area contributed by atoms with Crippen molar-refractivity contribution in [1.82, 2.24) is 4.57 Å². The standard InChI is InChI=1S/C22H22N2O4/c1-27-20-11-10-14(12-17(20)23)22(26)28-13-21(25)24-18-8-4-2-6-15(18)16-7-3-5-9-19(16)24/h2,4,6,8,10-12H,3,5,7,9,13,23H2,1H3. The van der Waals surface area contributed by atoms with E-state index in [-0.39, 0.29) is 18.1 Å². The average molecular weight is 378 g/mol. The summed E-state index contributed by atoms with van der Waals surface area (Å²) in [6.07, 6.45) is 4.02. The molecule has 0 amide bonds. The number of carbonyl (C=O) groups is 2. The molecule has 3 aromatic rings. The summed E-state index contributed by atoms with van der Waals surface area (Å²) < 4.78 is 12.1. The van der Waals surface area contributed by atoms with Crippen molar-refractivity contribution in [1.29, 1.82) is 0 Å². The Morgan fingerprint density at radius 1 is 1.11 bits per heavy atom. The molecule has 6 heteroatoms. The second-order valence-electron chi connectivity index (χ2n) is 6.91. The SMILES string of the molecule is COc1ccc(C(=O)OCC(=O)n2c3c(c4ccccc42)CCCC3)cc1N. The van der Waals surface area contributed by atoms with Crippen LogP contribution >= 0.6 is 0 Å². The van der Waals surface area contributed by atoms with Crippen LogP contribution in [0.5, 0.6) is 5.75 Å². The Morgan fingerprint density at radius 2 is 1.89 bits per heavy atom. The van der Waals surface area contributed by atoms with E-state index >= 15 is 0 Å². The Bertz CT molecular complexity index is 1070. The minimum absolute atomic E-state index is 0.241. The first-order valence-electron chi connectivity index (χ1n) is 9.35. The summed E-state index contributed by atoms with van der Waals surface area (Å²) in [5.41, 5.74) is 9.62. The molecular formula is C22H22N2O4. The number of hydrogen-bond acceptors (Lipinski definition) is 5. The lowest BCUT2D eigenvalue weighted by Crippen LogP contribution is -2.22. The molecular weight excluding hydrogens is 356 g/mol. The lowest BCUT2D eigenvalue weighted by Gasteiger charge is -2.15. The molecule has 1 heterocycles. The van der Waals surface area contributed by atoms with Crippen LogP contribution in [0.2, 0.25) is 0 Å². The van der Waals surface area contributed by atoms with Gasteiger partial charge in [-0.3, -0.25) is 9.36 Å². The summed E-state index contributed by atoms with van der Waals surface area (Å²) >= 11 is 0. The fourth-order valence-corrected chi connectivity index (χ4v) is 3.92. The third-order valence-electron chi connectivity index (χ3n) is 5.22. The van der Waals surface area contributed by atoms with Gasteiger partial charge in [-0.05, 0) is 55.5 Å². The van der Waals surface area contributed by atoms with Crippen LogP contribution < -0.4 is 10.5 Å². The Kier molecular flexibility index (Phi) is 4.77. The van der Waals surface area contributed by atoms with E-state index in [9.17, 15) is 9.59 Å².